The molecule has 0 radical (unpaired) electrons. The van der Waals surface area contributed by atoms with Gasteiger partial charge in [-0.1, -0.05) is 0 Å². The Bertz CT molecular complexity index is 428. The zero-order chi connectivity index (χ0) is 13.7. The number of hydrogen-bond acceptors (Lipinski definition) is 5. The number of thiazole rings is 1. The van der Waals surface area contributed by atoms with Gasteiger partial charge in [0.25, 0.3) is 0 Å². The molecule has 1 N–H and O–H groups in total. The van der Waals surface area contributed by atoms with Crippen LogP contribution in [-0.2, 0) is 27.4 Å². The Morgan fingerprint density at radius 3 is 3.16 bits per heavy atom. The van der Waals surface area contributed by atoms with Gasteiger partial charge in [-0.2, -0.15) is 0 Å². The number of nitrogens with one attached hydrogen (secondary N) is 1. The number of hydrogen-bond donors (Lipinski definition) is 1. The van der Waals surface area contributed by atoms with Crippen molar-refractivity contribution in [2.45, 2.75) is 32.9 Å². The number of methoxy groups -OCH3 is 1. The fourth-order valence-corrected chi connectivity index (χ4v) is 3.08. The molecule has 1 aromatic heterocycles. The Kier molecular flexibility index (Phi) is 5.30. The van der Waals surface area contributed by atoms with Gasteiger partial charge in [0.2, 0.25) is 5.91 Å². The maximum absolute atomic E-state index is 11.8. The molecular formula is C13H20N2O3S. The minimum atomic E-state index is 0.0941. The van der Waals surface area contributed by atoms with Gasteiger partial charge in [0.1, 0.15) is 5.01 Å². The number of aromatic nitrogens is 1. The minimum Gasteiger partial charge on any atom is -0.381 e. The number of carbonyl (C=O) groups is 1. The van der Waals surface area contributed by atoms with Gasteiger partial charge in [-0.25, -0.2) is 4.98 Å². The van der Waals surface area contributed by atoms with Gasteiger partial charge in [0.15, 0.2) is 0 Å². The first-order chi connectivity index (χ1) is 9.19. The van der Waals surface area contributed by atoms with Crippen LogP contribution in [0, 0.1) is 12.8 Å². The molecule has 1 saturated heterocycles. The number of ether oxygens (including phenoxy) is 2. The molecule has 1 aliphatic rings. The summed E-state index contributed by atoms with van der Waals surface area (Å²) in [6.07, 6.45) is 1.55. The molecule has 6 heteroatoms. The summed E-state index contributed by atoms with van der Waals surface area (Å²) >= 11 is 1.59. The van der Waals surface area contributed by atoms with Crippen LogP contribution in [0.15, 0.2) is 0 Å². The molecule has 1 aliphatic heterocycles. The third-order valence-corrected chi connectivity index (χ3v) is 4.28. The summed E-state index contributed by atoms with van der Waals surface area (Å²) in [4.78, 5) is 17.3. The van der Waals surface area contributed by atoms with E-state index in [0.717, 1.165) is 28.6 Å². The highest BCUT2D eigenvalue weighted by atomic mass is 32.1. The van der Waals surface area contributed by atoms with Crippen molar-refractivity contribution in [3.8, 4) is 0 Å². The third-order valence-electron chi connectivity index (χ3n) is 3.15. The van der Waals surface area contributed by atoms with Gasteiger partial charge in [0, 0.05) is 31.6 Å². The lowest BCUT2D eigenvalue weighted by atomic mass is 10.1. The van der Waals surface area contributed by atoms with Crippen molar-refractivity contribution in [1.29, 1.82) is 0 Å². The second-order valence-corrected chi connectivity index (χ2v) is 5.93. The maximum Gasteiger partial charge on any atom is 0.220 e. The molecule has 106 valence electrons. The first kappa shape index (κ1) is 14.4. The monoisotopic (exact) mass is 284 g/mol. The number of aryl methyl sites for hydroxylation is 1. The van der Waals surface area contributed by atoms with E-state index in [1.54, 1.807) is 18.4 Å². The summed E-state index contributed by atoms with van der Waals surface area (Å²) in [5, 5.41) is 3.91. The van der Waals surface area contributed by atoms with Crippen molar-refractivity contribution in [1.82, 2.24) is 10.3 Å². The van der Waals surface area contributed by atoms with Crippen molar-refractivity contribution >= 4 is 17.2 Å². The van der Waals surface area contributed by atoms with Crippen LogP contribution in [0.2, 0.25) is 0 Å². The van der Waals surface area contributed by atoms with Gasteiger partial charge in [0.05, 0.1) is 18.8 Å². The van der Waals surface area contributed by atoms with Crippen LogP contribution < -0.4 is 5.32 Å². The molecule has 0 aliphatic carbocycles. The van der Waals surface area contributed by atoms with Gasteiger partial charge in [-0.05, 0) is 19.3 Å². The molecule has 0 spiro atoms. The van der Waals surface area contributed by atoms with E-state index in [9.17, 15) is 4.79 Å². The normalized spacial score (nSPS) is 18.7. The van der Waals surface area contributed by atoms with Gasteiger partial charge >= 0.3 is 0 Å². The summed E-state index contributed by atoms with van der Waals surface area (Å²) in [5.74, 6) is 0.475. The van der Waals surface area contributed by atoms with E-state index < -0.39 is 0 Å². The van der Waals surface area contributed by atoms with Crippen LogP contribution in [-0.4, -0.2) is 31.2 Å². The third kappa shape index (κ3) is 4.26. The summed E-state index contributed by atoms with van der Waals surface area (Å²) < 4.78 is 10.3. The van der Waals surface area contributed by atoms with Crippen molar-refractivity contribution in [3.05, 3.63) is 15.6 Å². The molecule has 0 unspecified atom stereocenters. The fourth-order valence-electron chi connectivity index (χ4n) is 2.10. The van der Waals surface area contributed by atoms with E-state index in [2.05, 4.69) is 10.3 Å². The summed E-state index contributed by atoms with van der Waals surface area (Å²) in [7, 11) is 1.65. The second-order valence-electron chi connectivity index (χ2n) is 4.76. The van der Waals surface area contributed by atoms with E-state index in [1.165, 1.54) is 0 Å². The van der Waals surface area contributed by atoms with E-state index in [4.69, 9.17) is 9.47 Å². The van der Waals surface area contributed by atoms with Crippen LogP contribution in [0.4, 0.5) is 0 Å². The first-order valence-electron chi connectivity index (χ1n) is 6.47. The number of rotatable bonds is 6. The number of amides is 1. The average Bonchev–Trinajstić information content (AvgIpc) is 2.97. The maximum atomic E-state index is 11.8. The lowest BCUT2D eigenvalue weighted by molar-refractivity contribution is -0.122. The lowest BCUT2D eigenvalue weighted by Gasteiger charge is -2.07. The van der Waals surface area contributed by atoms with Crippen LogP contribution in [0.3, 0.4) is 0 Å². The molecule has 1 fully saturated rings. The highest BCUT2D eigenvalue weighted by molar-refractivity contribution is 7.11. The Morgan fingerprint density at radius 2 is 2.47 bits per heavy atom. The summed E-state index contributed by atoms with van der Waals surface area (Å²) in [6.45, 7) is 4.54. The van der Waals surface area contributed by atoms with Crippen molar-refractivity contribution in [3.63, 3.8) is 0 Å². The largest absolute Gasteiger partial charge is 0.381 e. The van der Waals surface area contributed by atoms with Crippen molar-refractivity contribution < 1.29 is 14.3 Å². The molecule has 5 nitrogen and oxygen atoms in total. The van der Waals surface area contributed by atoms with Crippen LogP contribution in [0.1, 0.15) is 28.4 Å². The van der Waals surface area contributed by atoms with Crippen molar-refractivity contribution in [2.75, 3.05) is 20.3 Å². The molecule has 1 atom stereocenters. The molecule has 2 rings (SSSR count). The van der Waals surface area contributed by atoms with Crippen molar-refractivity contribution in [2.24, 2.45) is 5.92 Å². The van der Waals surface area contributed by atoms with E-state index >= 15 is 0 Å². The average molecular weight is 284 g/mol. The van der Waals surface area contributed by atoms with Gasteiger partial charge < -0.3 is 14.8 Å². The predicted octanol–water partition coefficient (Wildman–Crippen LogP) is 1.64. The topological polar surface area (TPSA) is 60.5 Å². The second kappa shape index (κ2) is 6.98. The highest BCUT2D eigenvalue weighted by Crippen LogP contribution is 2.19. The molecular weight excluding hydrogens is 264 g/mol. The molecule has 1 aromatic rings. The Balaban J connectivity index is 1.79. The quantitative estimate of drug-likeness (QED) is 0.862. The molecule has 1 amide bonds. The van der Waals surface area contributed by atoms with Crippen LogP contribution >= 0.6 is 11.3 Å². The number of carbonyl (C=O) groups excluding carboxylic acids is 1. The first-order valence-corrected chi connectivity index (χ1v) is 7.29. The van der Waals surface area contributed by atoms with E-state index in [0.29, 0.717) is 32.1 Å². The molecule has 0 saturated carbocycles. The fraction of sp³-hybridized carbons (Fsp3) is 0.692. The summed E-state index contributed by atoms with van der Waals surface area (Å²) in [6, 6.07) is 0. The molecule has 0 aromatic carbocycles. The number of nitrogens with zero attached hydrogens (tertiary/aromatic N) is 1. The van der Waals surface area contributed by atoms with Gasteiger partial charge in [-0.3, -0.25) is 4.79 Å². The standard InChI is InChI=1S/C13H20N2O3S/c1-9-11(19-13(15-9)8-17-2)6-14-12(16)5-10-3-4-18-7-10/h10H,3-8H2,1-2H3,(H,14,16)/t10-/m1/s1. The molecule has 2 heterocycles. The zero-order valence-electron chi connectivity index (χ0n) is 11.4. The van der Waals surface area contributed by atoms with E-state index in [1.807, 2.05) is 6.92 Å². The molecule has 19 heavy (non-hydrogen) atoms. The Hall–Kier alpha value is -0.980. The Labute approximate surface area is 117 Å². The van der Waals surface area contributed by atoms with Crippen LogP contribution in [0.25, 0.3) is 0 Å². The van der Waals surface area contributed by atoms with E-state index in [-0.39, 0.29) is 5.91 Å². The SMILES string of the molecule is COCc1nc(C)c(CNC(=O)C[C@H]2CCOC2)s1. The zero-order valence-corrected chi connectivity index (χ0v) is 12.2. The van der Waals surface area contributed by atoms with Crippen LogP contribution in [0.5, 0.6) is 0 Å². The summed E-state index contributed by atoms with van der Waals surface area (Å²) in [5.41, 5.74) is 0.974. The highest BCUT2D eigenvalue weighted by Gasteiger charge is 2.19. The lowest BCUT2D eigenvalue weighted by Crippen LogP contribution is -2.25. The predicted molar refractivity (Wildman–Crippen MR) is 73.0 cm³/mol. The smallest absolute Gasteiger partial charge is 0.220 e. The Morgan fingerprint density at radius 1 is 1.63 bits per heavy atom. The minimum absolute atomic E-state index is 0.0941. The molecule has 0 bridgehead atoms. The van der Waals surface area contributed by atoms with Gasteiger partial charge in [-0.15, -0.1) is 11.3 Å².